The number of carbonyl (C=O) groups is 1. The molecule has 1 rings (SSSR count). The molecule has 0 spiro atoms. The van der Waals surface area contributed by atoms with Crippen LogP contribution in [0.15, 0.2) is 18.2 Å². The Morgan fingerprint density at radius 2 is 2.21 bits per heavy atom. The van der Waals surface area contributed by atoms with Gasteiger partial charge in [0.2, 0.25) is 0 Å². The first kappa shape index (κ1) is 15.8. The van der Waals surface area contributed by atoms with Crippen LogP contribution >= 0.6 is 11.6 Å². The Morgan fingerprint density at radius 3 is 2.89 bits per heavy atom. The molecule has 0 fully saturated rings. The Balaban J connectivity index is 2.20. The van der Waals surface area contributed by atoms with Gasteiger partial charge in [0.25, 0.3) is 5.91 Å². The lowest BCUT2D eigenvalue weighted by Crippen LogP contribution is -2.31. The molecule has 19 heavy (non-hydrogen) atoms. The van der Waals surface area contributed by atoms with E-state index in [4.69, 9.17) is 26.2 Å². The van der Waals surface area contributed by atoms with Gasteiger partial charge in [0, 0.05) is 11.6 Å². The van der Waals surface area contributed by atoms with Crippen LogP contribution in [0, 0.1) is 6.92 Å². The van der Waals surface area contributed by atoms with Gasteiger partial charge in [-0.1, -0.05) is 11.6 Å². The Bertz CT molecular complexity index is 412. The zero-order valence-electron chi connectivity index (χ0n) is 10.8. The van der Waals surface area contributed by atoms with Crippen molar-refractivity contribution in [3.05, 3.63) is 28.8 Å². The van der Waals surface area contributed by atoms with Gasteiger partial charge in [0.15, 0.2) is 6.61 Å². The van der Waals surface area contributed by atoms with Crippen molar-refractivity contribution in [2.45, 2.75) is 6.92 Å². The van der Waals surface area contributed by atoms with E-state index < -0.39 is 0 Å². The first-order chi connectivity index (χ1) is 9.13. The van der Waals surface area contributed by atoms with E-state index in [2.05, 4.69) is 5.32 Å². The Hall–Kier alpha value is -1.30. The van der Waals surface area contributed by atoms with Gasteiger partial charge in [-0.05, 0) is 30.7 Å². The molecule has 0 atom stereocenters. The first-order valence-electron chi connectivity index (χ1n) is 5.97. The Kier molecular flexibility index (Phi) is 7.25. The summed E-state index contributed by atoms with van der Waals surface area (Å²) in [4.78, 5) is 11.4. The number of carbonyl (C=O) groups excluding carboxylic acids is 1. The third-order valence-electron chi connectivity index (χ3n) is 2.30. The molecule has 5 nitrogen and oxygen atoms in total. The van der Waals surface area contributed by atoms with Gasteiger partial charge in [-0.15, -0.1) is 0 Å². The number of aliphatic hydroxyl groups excluding tert-OH is 1. The van der Waals surface area contributed by atoms with E-state index in [-0.39, 0.29) is 25.7 Å². The summed E-state index contributed by atoms with van der Waals surface area (Å²) in [6, 6.07) is 5.22. The zero-order chi connectivity index (χ0) is 14.1. The van der Waals surface area contributed by atoms with Crippen LogP contribution in [-0.4, -0.2) is 44.0 Å². The van der Waals surface area contributed by atoms with Gasteiger partial charge in [0.05, 0.1) is 19.8 Å². The van der Waals surface area contributed by atoms with Crippen molar-refractivity contribution in [1.82, 2.24) is 5.32 Å². The van der Waals surface area contributed by atoms with Crippen LogP contribution in [0.3, 0.4) is 0 Å². The lowest BCUT2D eigenvalue weighted by molar-refractivity contribution is -0.123. The highest BCUT2D eigenvalue weighted by atomic mass is 35.5. The number of amides is 1. The number of nitrogens with one attached hydrogen (secondary N) is 1. The van der Waals surface area contributed by atoms with Gasteiger partial charge >= 0.3 is 0 Å². The van der Waals surface area contributed by atoms with E-state index >= 15 is 0 Å². The third-order valence-corrected chi connectivity index (χ3v) is 2.73. The van der Waals surface area contributed by atoms with Gasteiger partial charge in [-0.2, -0.15) is 0 Å². The fourth-order valence-electron chi connectivity index (χ4n) is 1.34. The van der Waals surface area contributed by atoms with Crippen molar-refractivity contribution in [3.8, 4) is 5.75 Å². The number of aryl methyl sites for hydroxylation is 1. The second-order valence-corrected chi connectivity index (χ2v) is 4.29. The molecule has 1 amide bonds. The minimum atomic E-state index is -0.222. The minimum Gasteiger partial charge on any atom is -0.484 e. The van der Waals surface area contributed by atoms with Gasteiger partial charge in [-0.25, -0.2) is 0 Å². The maximum absolute atomic E-state index is 11.4. The molecule has 0 saturated heterocycles. The summed E-state index contributed by atoms with van der Waals surface area (Å²) in [7, 11) is 0. The zero-order valence-corrected chi connectivity index (χ0v) is 11.6. The highest BCUT2D eigenvalue weighted by Gasteiger charge is 2.03. The van der Waals surface area contributed by atoms with Crippen LogP contribution in [0.5, 0.6) is 5.75 Å². The SMILES string of the molecule is Cc1cc(OCC(=O)NCCOCCO)ccc1Cl. The van der Waals surface area contributed by atoms with E-state index in [1.807, 2.05) is 6.92 Å². The number of hydrogen-bond donors (Lipinski definition) is 2. The highest BCUT2D eigenvalue weighted by Crippen LogP contribution is 2.20. The Labute approximate surface area is 117 Å². The molecule has 2 N–H and O–H groups in total. The van der Waals surface area contributed by atoms with Crippen LogP contribution < -0.4 is 10.1 Å². The standard InChI is InChI=1S/C13H18ClNO4/c1-10-8-11(2-3-12(10)14)19-9-13(17)15-4-6-18-7-5-16/h2-3,8,16H,4-7,9H2,1H3,(H,15,17). The lowest BCUT2D eigenvalue weighted by Gasteiger charge is -2.08. The summed E-state index contributed by atoms with van der Waals surface area (Å²) in [5.74, 6) is 0.383. The molecule has 0 aromatic heterocycles. The van der Waals surface area contributed by atoms with E-state index in [9.17, 15) is 4.79 Å². The summed E-state index contributed by atoms with van der Waals surface area (Å²) in [6.45, 7) is 2.83. The maximum atomic E-state index is 11.4. The predicted octanol–water partition coefficient (Wildman–Crippen LogP) is 1.15. The average molecular weight is 288 g/mol. The highest BCUT2D eigenvalue weighted by molar-refractivity contribution is 6.31. The fourth-order valence-corrected chi connectivity index (χ4v) is 1.45. The molecule has 1 aromatic carbocycles. The molecule has 0 aliphatic heterocycles. The first-order valence-corrected chi connectivity index (χ1v) is 6.35. The maximum Gasteiger partial charge on any atom is 0.258 e. The smallest absolute Gasteiger partial charge is 0.258 e. The monoisotopic (exact) mass is 287 g/mol. The normalized spacial score (nSPS) is 10.3. The van der Waals surface area contributed by atoms with E-state index in [0.29, 0.717) is 23.9 Å². The van der Waals surface area contributed by atoms with E-state index in [1.54, 1.807) is 18.2 Å². The molecule has 0 unspecified atom stereocenters. The molecule has 1 aromatic rings. The number of ether oxygens (including phenoxy) is 2. The number of hydrogen-bond acceptors (Lipinski definition) is 4. The lowest BCUT2D eigenvalue weighted by atomic mass is 10.2. The number of benzene rings is 1. The van der Waals surface area contributed by atoms with Gasteiger partial charge in [-0.3, -0.25) is 4.79 Å². The quantitative estimate of drug-likeness (QED) is 0.704. The summed E-state index contributed by atoms with van der Waals surface area (Å²) >= 11 is 5.89. The Morgan fingerprint density at radius 1 is 1.42 bits per heavy atom. The van der Waals surface area contributed by atoms with Crippen molar-refractivity contribution >= 4 is 17.5 Å². The van der Waals surface area contributed by atoms with E-state index in [1.165, 1.54) is 0 Å². The predicted molar refractivity (Wildman–Crippen MR) is 72.6 cm³/mol. The van der Waals surface area contributed by atoms with Crippen molar-refractivity contribution in [2.24, 2.45) is 0 Å². The fraction of sp³-hybridized carbons (Fsp3) is 0.462. The molecule has 0 aliphatic carbocycles. The molecular formula is C13H18ClNO4. The number of aliphatic hydroxyl groups is 1. The van der Waals surface area contributed by atoms with Crippen LogP contribution in [0.4, 0.5) is 0 Å². The second kappa shape index (κ2) is 8.74. The van der Waals surface area contributed by atoms with Crippen LogP contribution in [-0.2, 0) is 9.53 Å². The van der Waals surface area contributed by atoms with Crippen LogP contribution in [0.25, 0.3) is 0 Å². The molecule has 0 radical (unpaired) electrons. The van der Waals surface area contributed by atoms with Gasteiger partial charge < -0.3 is 19.9 Å². The second-order valence-electron chi connectivity index (χ2n) is 3.89. The summed E-state index contributed by atoms with van der Waals surface area (Å²) in [5, 5.41) is 11.8. The number of rotatable bonds is 8. The third kappa shape index (κ3) is 6.42. The molecule has 106 valence electrons. The molecule has 0 aliphatic rings. The largest absolute Gasteiger partial charge is 0.484 e. The number of halogens is 1. The van der Waals surface area contributed by atoms with Crippen molar-refractivity contribution in [1.29, 1.82) is 0 Å². The summed E-state index contributed by atoms with van der Waals surface area (Å²) in [5.41, 5.74) is 0.900. The topological polar surface area (TPSA) is 67.8 Å². The average Bonchev–Trinajstić information content (AvgIpc) is 2.40. The summed E-state index contributed by atoms with van der Waals surface area (Å²) in [6.07, 6.45) is 0. The van der Waals surface area contributed by atoms with E-state index in [0.717, 1.165) is 5.56 Å². The van der Waals surface area contributed by atoms with Crippen LogP contribution in [0.2, 0.25) is 5.02 Å². The summed E-state index contributed by atoms with van der Waals surface area (Å²) < 4.78 is 10.3. The van der Waals surface area contributed by atoms with Crippen molar-refractivity contribution in [2.75, 3.05) is 33.0 Å². The van der Waals surface area contributed by atoms with Crippen LogP contribution in [0.1, 0.15) is 5.56 Å². The van der Waals surface area contributed by atoms with Crippen molar-refractivity contribution < 1.29 is 19.4 Å². The van der Waals surface area contributed by atoms with Crippen molar-refractivity contribution in [3.63, 3.8) is 0 Å². The molecule has 0 bridgehead atoms. The minimum absolute atomic E-state index is 0.0209. The molecule has 0 heterocycles. The molecule has 0 saturated carbocycles. The van der Waals surface area contributed by atoms with Gasteiger partial charge in [0.1, 0.15) is 5.75 Å². The molecule has 6 heteroatoms. The molecular weight excluding hydrogens is 270 g/mol.